The number of rotatable bonds is 4. The van der Waals surface area contributed by atoms with Crippen LogP contribution < -0.4 is 4.90 Å². The Morgan fingerprint density at radius 1 is 1.07 bits per heavy atom. The number of aryl methyl sites for hydroxylation is 1. The van der Waals surface area contributed by atoms with Crippen LogP contribution in [0.1, 0.15) is 29.5 Å². The van der Waals surface area contributed by atoms with E-state index in [4.69, 9.17) is 4.52 Å². The Kier molecular flexibility index (Phi) is 4.12. The van der Waals surface area contributed by atoms with E-state index in [1.807, 2.05) is 12.1 Å². The van der Waals surface area contributed by atoms with Gasteiger partial charge in [0.1, 0.15) is 17.5 Å². The highest BCUT2D eigenvalue weighted by atomic mass is 19.1. The predicted octanol–water partition coefficient (Wildman–Crippen LogP) is 4.02. The van der Waals surface area contributed by atoms with Gasteiger partial charge in [-0.15, -0.1) is 4.80 Å². The highest BCUT2D eigenvalue weighted by Crippen LogP contribution is 2.41. The summed E-state index contributed by atoms with van der Waals surface area (Å²) in [5.74, 6) is 0.649. The van der Waals surface area contributed by atoms with E-state index >= 15 is 0 Å². The monoisotopic (exact) mass is 390 g/mol. The molecule has 0 spiro atoms. The number of halogens is 1. The molecule has 1 atom stereocenters. The normalized spacial score (nSPS) is 16.1. The minimum Gasteiger partial charge on any atom is -0.357 e. The maximum atomic E-state index is 13.9. The third-order valence-corrected chi connectivity index (χ3v) is 5.39. The fraction of sp³-hybridized carbons (Fsp3) is 0.238. The van der Waals surface area contributed by atoms with Crippen molar-refractivity contribution in [3.8, 4) is 17.1 Å². The van der Waals surface area contributed by atoms with Crippen LogP contribution in [0, 0.1) is 19.7 Å². The molecule has 4 aromatic rings. The number of para-hydroxylation sites is 1. The molecule has 0 amide bonds. The quantitative estimate of drug-likeness (QED) is 0.524. The van der Waals surface area contributed by atoms with Crippen LogP contribution in [-0.2, 0) is 0 Å². The van der Waals surface area contributed by atoms with E-state index in [1.165, 1.54) is 6.07 Å². The fourth-order valence-corrected chi connectivity index (χ4v) is 3.76. The van der Waals surface area contributed by atoms with E-state index in [0.717, 1.165) is 29.9 Å². The van der Waals surface area contributed by atoms with Gasteiger partial charge in [0.05, 0.1) is 18.1 Å². The second kappa shape index (κ2) is 6.80. The molecule has 1 fully saturated rings. The molecule has 29 heavy (non-hydrogen) atoms. The van der Waals surface area contributed by atoms with Gasteiger partial charge in [-0.05, 0) is 43.5 Å². The predicted molar refractivity (Wildman–Crippen MR) is 105 cm³/mol. The first-order valence-corrected chi connectivity index (χ1v) is 9.45. The molecule has 8 heteroatoms. The summed E-state index contributed by atoms with van der Waals surface area (Å²) in [5.41, 5.74) is 4.21. The van der Waals surface area contributed by atoms with Crippen molar-refractivity contribution in [3.05, 3.63) is 71.6 Å². The van der Waals surface area contributed by atoms with E-state index in [1.54, 1.807) is 36.2 Å². The van der Waals surface area contributed by atoms with E-state index in [-0.39, 0.29) is 11.9 Å². The van der Waals surface area contributed by atoms with Crippen molar-refractivity contribution in [1.29, 1.82) is 0 Å². The largest absolute Gasteiger partial charge is 0.357 e. The fourth-order valence-electron chi connectivity index (χ4n) is 3.76. The summed E-state index contributed by atoms with van der Waals surface area (Å²) in [6.45, 7) is 4.64. The SMILES string of the molecule is Cc1cccc(-n2nccn2)c1N1CC[C@H]1c1nc(-c2cccc(F)c2C)no1. The van der Waals surface area contributed by atoms with Crippen molar-refractivity contribution in [1.82, 2.24) is 25.1 Å². The van der Waals surface area contributed by atoms with Crippen molar-refractivity contribution < 1.29 is 8.91 Å². The molecule has 0 radical (unpaired) electrons. The summed E-state index contributed by atoms with van der Waals surface area (Å²) in [6.07, 6.45) is 4.21. The van der Waals surface area contributed by atoms with Gasteiger partial charge in [-0.1, -0.05) is 29.4 Å². The molecule has 0 saturated carbocycles. The molecule has 0 N–H and O–H groups in total. The van der Waals surface area contributed by atoms with E-state index in [9.17, 15) is 4.39 Å². The lowest BCUT2D eigenvalue weighted by Gasteiger charge is -2.42. The second-order valence-electron chi connectivity index (χ2n) is 7.13. The van der Waals surface area contributed by atoms with Crippen molar-refractivity contribution in [2.45, 2.75) is 26.3 Å². The Bertz CT molecular complexity index is 1170. The molecular weight excluding hydrogens is 371 g/mol. The molecule has 7 nitrogen and oxygen atoms in total. The molecule has 0 aliphatic carbocycles. The van der Waals surface area contributed by atoms with E-state index in [0.29, 0.717) is 22.8 Å². The molecule has 1 saturated heterocycles. The average molecular weight is 390 g/mol. The first-order valence-electron chi connectivity index (χ1n) is 9.45. The molecule has 2 aromatic carbocycles. The molecule has 3 heterocycles. The summed E-state index contributed by atoms with van der Waals surface area (Å²) in [4.78, 5) is 8.42. The summed E-state index contributed by atoms with van der Waals surface area (Å²) < 4.78 is 19.5. The number of hydrogen-bond donors (Lipinski definition) is 0. The maximum absolute atomic E-state index is 13.9. The Balaban J connectivity index is 1.50. The van der Waals surface area contributed by atoms with Crippen LogP contribution in [0.3, 0.4) is 0 Å². The lowest BCUT2D eigenvalue weighted by molar-refractivity contribution is 0.309. The zero-order chi connectivity index (χ0) is 20.0. The van der Waals surface area contributed by atoms with Gasteiger partial charge in [0.15, 0.2) is 0 Å². The van der Waals surface area contributed by atoms with Gasteiger partial charge in [0.25, 0.3) is 0 Å². The molecule has 5 rings (SSSR count). The third kappa shape index (κ3) is 2.88. The molecule has 0 bridgehead atoms. The van der Waals surface area contributed by atoms with Gasteiger partial charge in [0.2, 0.25) is 11.7 Å². The molecule has 146 valence electrons. The number of aromatic nitrogens is 5. The molecule has 0 unspecified atom stereocenters. The van der Waals surface area contributed by atoms with Crippen LogP contribution in [0.5, 0.6) is 0 Å². The van der Waals surface area contributed by atoms with Crippen molar-refractivity contribution in [3.63, 3.8) is 0 Å². The minimum absolute atomic E-state index is 0.0412. The molecule has 2 aromatic heterocycles. The standard InChI is InChI=1S/C21H19FN6O/c1-13-5-3-8-17(28-23-10-11-24-28)19(13)27-12-9-18(27)21-25-20(26-29-21)15-6-4-7-16(22)14(15)2/h3-8,10-11,18H,9,12H2,1-2H3/t18-/m0/s1. The van der Waals surface area contributed by atoms with Crippen LogP contribution in [0.15, 0.2) is 53.3 Å². The van der Waals surface area contributed by atoms with Crippen LogP contribution in [0.2, 0.25) is 0 Å². The van der Waals surface area contributed by atoms with Crippen molar-refractivity contribution >= 4 is 5.69 Å². The summed E-state index contributed by atoms with van der Waals surface area (Å²) in [7, 11) is 0. The van der Waals surface area contributed by atoms with Gasteiger partial charge < -0.3 is 9.42 Å². The van der Waals surface area contributed by atoms with Crippen LogP contribution in [-0.4, -0.2) is 31.7 Å². The maximum Gasteiger partial charge on any atom is 0.249 e. The Morgan fingerprint density at radius 2 is 1.86 bits per heavy atom. The van der Waals surface area contributed by atoms with Crippen LogP contribution >= 0.6 is 0 Å². The van der Waals surface area contributed by atoms with Crippen LogP contribution in [0.25, 0.3) is 17.1 Å². The summed E-state index contributed by atoms with van der Waals surface area (Å²) in [5, 5.41) is 12.7. The number of hydrogen-bond acceptors (Lipinski definition) is 6. The lowest BCUT2D eigenvalue weighted by Crippen LogP contribution is -2.42. The number of anilines is 1. The van der Waals surface area contributed by atoms with Gasteiger partial charge in [-0.25, -0.2) is 4.39 Å². The van der Waals surface area contributed by atoms with Gasteiger partial charge in [0, 0.05) is 12.1 Å². The zero-order valence-electron chi connectivity index (χ0n) is 16.1. The van der Waals surface area contributed by atoms with E-state index in [2.05, 4.69) is 38.2 Å². The average Bonchev–Trinajstić information content (AvgIpc) is 3.37. The highest BCUT2D eigenvalue weighted by molar-refractivity contribution is 5.68. The molecule has 1 aliphatic rings. The third-order valence-electron chi connectivity index (χ3n) is 5.39. The first-order chi connectivity index (χ1) is 14.1. The molecular formula is C21H19FN6O. The Morgan fingerprint density at radius 3 is 2.62 bits per heavy atom. The number of nitrogens with zero attached hydrogens (tertiary/aromatic N) is 6. The van der Waals surface area contributed by atoms with Crippen LogP contribution in [0.4, 0.5) is 10.1 Å². The number of benzene rings is 2. The summed E-state index contributed by atoms with van der Waals surface area (Å²) in [6, 6.07) is 10.9. The van der Waals surface area contributed by atoms with Gasteiger partial charge in [-0.2, -0.15) is 15.2 Å². The minimum atomic E-state index is -0.282. The molecule has 1 aliphatic heterocycles. The van der Waals surface area contributed by atoms with Crippen molar-refractivity contribution in [2.24, 2.45) is 0 Å². The first kappa shape index (κ1) is 17.5. The lowest BCUT2D eigenvalue weighted by atomic mass is 9.99. The van der Waals surface area contributed by atoms with Crippen molar-refractivity contribution in [2.75, 3.05) is 11.4 Å². The van der Waals surface area contributed by atoms with E-state index < -0.39 is 0 Å². The highest BCUT2D eigenvalue weighted by Gasteiger charge is 2.36. The summed E-state index contributed by atoms with van der Waals surface area (Å²) >= 11 is 0. The topological polar surface area (TPSA) is 72.9 Å². The second-order valence-corrected chi connectivity index (χ2v) is 7.13. The smallest absolute Gasteiger partial charge is 0.249 e. The Hall–Kier alpha value is -3.55. The Labute approximate surface area is 166 Å². The zero-order valence-corrected chi connectivity index (χ0v) is 16.1. The van der Waals surface area contributed by atoms with Gasteiger partial charge >= 0.3 is 0 Å². The van der Waals surface area contributed by atoms with Gasteiger partial charge in [-0.3, -0.25) is 0 Å².